The lowest BCUT2D eigenvalue weighted by atomic mass is 10.0. The highest BCUT2D eigenvalue weighted by Gasteiger charge is 2.30. The molecule has 3 heterocycles. The van der Waals surface area contributed by atoms with Gasteiger partial charge in [0.2, 0.25) is 5.75 Å². The smallest absolute Gasteiger partial charge is 0.254 e. The minimum Gasteiger partial charge on any atom is -0.493 e. The molecule has 1 atom stereocenters. The molecule has 8 heteroatoms. The number of benzene rings is 1. The van der Waals surface area contributed by atoms with E-state index in [0.717, 1.165) is 12.1 Å². The van der Waals surface area contributed by atoms with Crippen LogP contribution in [0, 0.1) is 0 Å². The second-order valence-electron chi connectivity index (χ2n) is 6.21. The molecule has 2 aliphatic rings. The second-order valence-corrected chi connectivity index (χ2v) is 6.21. The van der Waals surface area contributed by atoms with Crippen LogP contribution in [0.25, 0.3) is 0 Å². The number of piperazine rings is 1. The predicted octanol–water partition coefficient (Wildman–Crippen LogP) is 2.07. The highest BCUT2D eigenvalue weighted by atomic mass is 35.5. The van der Waals surface area contributed by atoms with Gasteiger partial charge in [-0.25, -0.2) is 0 Å². The maximum atomic E-state index is 13.3. The highest BCUT2D eigenvalue weighted by molar-refractivity contribution is 5.96. The number of nitrogens with one attached hydrogen (secondary N) is 1. The summed E-state index contributed by atoms with van der Waals surface area (Å²) < 4.78 is 16.7. The van der Waals surface area contributed by atoms with E-state index in [1.807, 2.05) is 23.2 Å². The number of hydrogen-bond donors (Lipinski definition) is 1. The Balaban J connectivity index is 0.00000210. The Morgan fingerprint density at radius 3 is 2.96 bits per heavy atom. The van der Waals surface area contributed by atoms with Crippen molar-refractivity contribution < 1.29 is 19.0 Å². The Bertz CT molecular complexity index is 786. The van der Waals surface area contributed by atoms with Crippen molar-refractivity contribution in [2.75, 3.05) is 40.0 Å². The number of halogens is 1. The third-order valence-electron chi connectivity index (χ3n) is 4.65. The average Bonchev–Trinajstić information content (AvgIpc) is 2.73. The first-order chi connectivity index (χ1) is 12.8. The largest absolute Gasteiger partial charge is 0.493 e. The Kier molecular flexibility index (Phi) is 6.03. The molecule has 1 aromatic carbocycles. The van der Waals surface area contributed by atoms with Gasteiger partial charge in [-0.3, -0.25) is 9.78 Å². The summed E-state index contributed by atoms with van der Waals surface area (Å²) in [5.74, 6) is 1.56. The van der Waals surface area contributed by atoms with Gasteiger partial charge in [-0.1, -0.05) is 6.07 Å². The molecular weight excluding hydrogens is 370 g/mol. The topological polar surface area (TPSA) is 72.9 Å². The normalized spacial score (nSPS) is 18.4. The van der Waals surface area contributed by atoms with E-state index in [1.165, 1.54) is 0 Å². The zero-order valence-electron chi connectivity index (χ0n) is 15.0. The lowest BCUT2D eigenvalue weighted by Crippen LogP contribution is -2.48. The molecule has 7 nitrogen and oxygen atoms in total. The summed E-state index contributed by atoms with van der Waals surface area (Å²) in [6.45, 7) is 3.00. The molecule has 1 unspecified atom stereocenters. The van der Waals surface area contributed by atoms with Crippen molar-refractivity contribution >= 4 is 18.3 Å². The third-order valence-corrected chi connectivity index (χ3v) is 4.65. The number of nitrogens with zero attached hydrogens (tertiary/aromatic N) is 2. The number of aromatic nitrogens is 1. The van der Waals surface area contributed by atoms with E-state index >= 15 is 0 Å². The second kappa shape index (κ2) is 8.45. The standard InChI is InChI=1S/C19H21N3O4.ClH/c1-24-16-9-14(10-17-18(16)26-8-7-25-17)19(23)22-6-5-21-12-15(22)13-3-2-4-20-11-13;/h2-4,9-11,15,21H,5-8,12H2,1H3;1H. The first kappa shape index (κ1) is 19.3. The van der Waals surface area contributed by atoms with E-state index in [1.54, 1.807) is 25.4 Å². The number of amides is 1. The summed E-state index contributed by atoms with van der Waals surface area (Å²) in [7, 11) is 1.56. The maximum Gasteiger partial charge on any atom is 0.254 e. The highest BCUT2D eigenvalue weighted by Crippen LogP contribution is 2.41. The van der Waals surface area contributed by atoms with Crippen molar-refractivity contribution in [1.82, 2.24) is 15.2 Å². The van der Waals surface area contributed by atoms with Crippen LogP contribution in [-0.2, 0) is 0 Å². The number of methoxy groups -OCH3 is 1. The molecule has 144 valence electrons. The molecule has 1 fully saturated rings. The summed E-state index contributed by atoms with van der Waals surface area (Å²) in [5, 5.41) is 3.35. The van der Waals surface area contributed by atoms with Crippen LogP contribution in [-0.4, -0.2) is 55.7 Å². The molecule has 0 bridgehead atoms. The lowest BCUT2D eigenvalue weighted by molar-refractivity contribution is 0.0632. The van der Waals surface area contributed by atoms with Crippen molar-refractivity contribution in [2.24, 2.45) is 0 Å². The molecule has 0 spiro atoms. The van der Waals surface area contributed by atoms with Gasteiger partial charge in [-0.15, -0.1) is 12.4 Å². The number of ether oxygens (including phenoxy) is 3. The summed E-state index contributed by atoms with van der Waals surface area (Å²) in [6.07, 6.45) is 3.54. The predicted molar refractivity (Wildman–Crippen MR) is 102 cm³/mol. The van der Waals surface area contributed by atoms with Crippen LogP contribution >= 0.6 is 12.4 Å². The summed E-state index contributed by atoms with van der Waals surface area (Å²) in [5.41, 5.74) is 1.54. The molecule has 2 aliphatic heterocycles. The van der Waals surface area contributed by atoms with Crippen LogP contribution in [0.5, 0.6) is 17.2 Å². The number of hydrogen-bond acceptors (Lipinski definition) is 6. The maximum absolute atomic E-state index is 13.3. The van der Waals surface area contributed by atoms with Crippen LogP contribution in [0.4, 0.5) is 0 Å². The monoisotopic (exact) mass is 391 g/mol. The van der Waals surface area contributed by atoms with Gasteiger partial charge in [0.25, 0.3) is 5.91 Å². The van der Waals surface area contributed by atoms with Gasteiger partial charge in [-0.2, -0.15) is 0 Å². The molecule has 1 amide bonds. The quantitative estimate of drug-likeness (QED) is 0.863. The van der Waals surface area contributed by atoms with E-state index in [4.69, 9.17) is 14.2 Å². The van der Waals surface area contributed by atoms with E-state index in [-0.39, 0.29) is 24.4 Å². The van der Waals surface area contributed by atoms with Crippen LogP contribution in [0.15, 0.2) is 36.7 Å². The van der Waals surface area contributed by atoms with Gasteiger partial charge in [0, 0.05) is 37.6 Å². The molecule has 1 N–H and O–H groups in total. The van der Waals surface area contributed by atoms with Crippen molar-refractivity contribution in [3.8, 4) is 17.2 Å². The first-order valence-electron chi connectivity index (χ1n) is 8.67. The van der Waals surface area contributed by atoms with Gasteiger partial charge >= 0.3 is 0 Å². The van der Waals surface area contributed by atoms with E-state index in [0.29, 0.717) is 49.1 Å². The summed E-state index contributed by atoms with van der Waals surface area (Å²) >= 11 is 0. The lowest BCUT2D eigenvalue weighted by Gasteiger charge is -2.36. The van der Waals surface area contributed by atoms with Crippen LogP contribution < -0.4 is 19.5 Å². The first-order valence-corrected chi connectivity index (χ1v) is 8.67. The van der Waals surface area contributed by atoms with Crippen LogP contribution in [0.3, 0.4) is 0 Å². The van der Waals surface area contributed by atoms with Crippen molar-refractivity contribution in [3.05, 3.63) is 47.8 Å². The van der Waals surface area contributed by atoms with Crippen LogP contribution in [0.1, 0.15) is 22.0 Å². The Morgan fingerprint density at radius 2 is 2.19 bits per heavy atom. The Morgan fingerprint density at radius 1 is 1.33 bits per heavy atom. The number of carbonyl (C=O) groups excluding carboxylic acids is 1. The molecule has 0 saturated carbocycles. The van der Waals surface area contributed by atoms with Crippen molar-refractivity contribution in [1.29, 1.82) is 0 Å². The van der Waals surface area contributed by atoms with E-state index < -0.39 is 0 Å². The molecule has 2 aromatic rings. The minimum absolute atomic E-state index is 0. The Hall–Kier alpha value is -2.51. The zero-order chi connectivity index (χ0) is 17.9. The van der Waals surface area contributed by atoms with Gasteiger partial charge in [-0.05, 0) is 23.8 Å². The molecule has 27 heavy (non-hydrogen) atoms. The zero-order valence-corrected chi connectivity index (χ0v) is 15.8. The summed E-state index contributed by atoms with van der Waals surface area (Å²) in [6, 6.07) is 7.28. The number of carbonyl (C=O) groups is 1. The fourth-order valence-corrected chi connectivity index (χ4v) is 3.38. The van der Waals surface area contributed by atoms with Gasteiger partial charge in [0.15, 0.2) is 11.5 Å². The van der Waals surface area contributed by atoms with Gasteiger partial charge in [0.05, 0.1) is 13.2 Å². The summed E-state index contributed by atoms with van der Waals surface area (Å²) in [4.78, 5) is 19.3. The van der Waals surface area contributed by atoms with Crippen molar-refractivity contribution in [3.63, 3.8) is 0 Å². The van der Waals surface area contributed by atoms with Crippen LogP contribution in [0.2, 0.25) is 0 Å². The molecule has 0 radical (unpaired) electrons. The molecule has 0 aliphatic carbocycles. The fourth-order valence-electron chi connectivity index (χ4n) is 3.38. The molecule has 4 rings (SSSR count). The molecule has 1 aromatic heterocycles. The number of rotatable bonds is 3. The number of fused-ring (bicyclic) bond motifs is 1. The van der Waals surface area contributed by atoms with Gasteiger partial charge in [0.1, 0.15) is 13.2 Å². The Labute approximate surface area is 164 Å². The van der Waals surface area contributed by atoms with Gasteiger partial charge < -0.3 is 24.4 Å². The average molecular weight is 392 g/mol. The third kappa shape index (κ3) is 3.79. The minimum atomic E-state index is -0.0656. The molecule has 1 saturated heterocycles. The van der Waals surface area contributed by atoms with E-state index in [9.17, 15) is 4.79 Å². The number of pyridine rings is 1. The SMILES string of the molecule is COc1cc(C(=O)N2CCNCC2c2cccnc2)cc2c1OCCO2.Cl. The van der Waals surface area contributed by atoms with Crippen molar-refractivity contribution in [2.45, 2.75) is 6.04 Å². The molecular formula is C19H22ClN3O4. The van der Waals surface area contributed by atoms with E-state index in [2.05, 4.69) is 10.3 Å². The fraction of sp³-hybridized carbons (Fsp3) is 0.368.